The number of amides is 1. The van der Waals surface area contributed by atoms with Crippen LogP contribution in [0.2, 0.25) is 0 Å². The zero-order valence-electron chi connectivity index (χ0n) is 15.7. The molecule has 2 aromatic rings. The second-order valence-electron chi connectivity index (χ2n) is 6.97. The van der Waals surface area contributed by atoms with Gasteiger partial charge in [-0.15, -0.1) is 0 Å². The Balaban J connectivity index is 1.58. The average molecular weight is 404 g/mol. The SMILES string of the molecule is Cc1cc(CS(=O)(=O)N[C@H]2CCN(C(=O)O)C2)ccc1OCc1ccccc1. The number of aryl methyl sites for hydroxylation is 1. The van der Waals surface area contributed by atoms with E-state index in [2.05, 4.69) is 4.72 Å². The first-order valence-electron chi connectivity index (χ1n) is 9.06. The molecule has 1 aliphatic rings. The van der Waals surface area contributed by atoms with Crippen LogP contribution in [0.4, 0.5) is 4.79 Å². The second-order valence-corrected chi connectivity index (χ2v) is 8.72. The van der Waals surface area contributed by atoms with Gasteiger partial charge in [-0.2, -0.15) is 0 Å². The van der Waals surface area contributed by atoms with Crippen LogP contribution < -0.4 is 9.46 Å². The van der Waals surface area contributed by atoms with E-state index in [1.54, 1.807) is 18.2 Å². The Hall–Kier alpha value is -2.58. The van der Waals surface area contributed by atoms with Crippen molar-refractivity contribution >= 4 is 16.1 Å². The van der Waals surface area contributed by atoms with Crippen LogP contribution in [0.3, 0.4) is 0 Å². The lowest BCUT2D eigenvalue weighted by Crippen LogP contribution is -2.38. The molecule has 1 heterocycles. The fourth-order valence-corrected chi connectivity index (χ4v) is 4.65. The number of rotatable bonds is 7. The highest BCUT2D eigenvalue weighted by atomic mass is 32.2. The lowest BCUT2D eigenvalue weighted by molar-refractivity contribution is 0.155. The summed E-state index contributed by atoms with van der Waals surface area (Å²) in [5, 5.41) is 8.97. The number of nitrogens with one attached hydrogen (secondary N) is 1. The van der Waals surface area contributed by atoms with E-state index < -0.39 is 16.1 Å². The number of carboxylic acid groups (broad SMARTS) is 1. The fraction of sp³-hybridized carbons (Fsp3) is 0.350. The quantitative estimate of drug-likeness (QED) is 0.740. The molecule has 2 N–H and O–H groups in total. The van der Waals surface area contributed by atoms with Gasteiger partial charge in [0.2, 0.25) is 10.0 Å². The van der Waals surface area contributed by atoms with Crippen molar-refractivity contribution in [2.45, 2.75) is 31.7 Å². The fourth-order valence-electron chi connectivity index (χ4n) is 3.24. The molecular formula is C20H24N2O5S. The minimum Gasteiger partial charge on any atom is -0.489 e. The third kappa shape index (κ3) is 5.46. The van der Waals surface area contributed by atoms with Gasteiger partial charge in [0.15, 0.2) is 0 Å². The molecule has 0 bridgehead atoms. The molecule has 0 radical (unpaired) electrons. The number of ether oxygens (including phenoxy) is 1. The van der Waals surface area contributed by atoms with Gasteiger partial charge in [-0.3, -0.25) is 0 Å². The van der Waals surface area contributed by atoms with Crippen LogP contribution >= 0.6 is 0 Å². The minimum atomic E-state index is -3.56. The summed E-state index contributed by atoms with van der Waals surface area (Å²) in [5.74, 6) is 0.557. The topological polar surface area (TPSA) is 95.9 Å². The predicted octanol–water partition coefficient (Wildman–Crippen LogP) is 2.75. The smallest absolute Gasteiger partial charge is 0.407 e. The first-order chi connectivity index (χ1) is 13.3. The standard InChI is InChI=1S/C20H24N2O5S/c1-15-11-17(7-8-19(15)27-13-16-5-3-2-4-6-16)14-28(25,26)21-18-9-10-22(12-18)20(23)24/h2-8,11,18,21H,9-10,12-14H2,1H3,(H,23,24)/t18-/m0/s1. The van der Waals surface area contributed by atoms with Gasteiger partial charge in [0.05, 0.1) is 5.75 Å². The summed E-state index contributed by atoms with van der Waals surface area (Å²) in [6.45, 7) is 2.85. The van der Waals surface area contributed by atoms with Crippen molar-refractivity contribution in [3.8, 4) is 5.75 Å². The minimum absolute atomic E-state index is 0.156. The van der Waals surface area contributed by atoms with Crippen molar-refractivity contribution in [3.63, 3.8) is 0 Å². The Bertz CT molecular complexity index is 931. The molecule has 0 saturated carbocycles. The highest BCUT2D eigenvalue weighted by Crippen LogP contribution is 2.22. The van der Waals surface area contributed by atoms with Gasteiger partial charge in [-0.1, -0.05) is 42.5 Å². The predicted molar refractivity (Wildman–Crippen MR) is 106 cm³/mol. The van der Waals surface area contributed by atoms with E-state index in [1.807, 2.05) is 37.3 Å². The number of sulfonamides is 1. The Labute approximate surface area is 165 Å². The van der Waals surface area contributed by atoms with Gasteiger partial charge in [-0.25, -0.2) is 17.9 Å². The maximum Gasteiger partial charge on any atom is 0.407 e. The molecule has 0 unspecified atom stereocenters. The normalized spacial score (nSPS) is 16.9. The van der Waals surface area contributed by atoms with Crippen LogP contribution in [0.15, 0.2) is 48.5 Å². The van der Waals surface area contributed by atoms with Crippen molar-refractivity contribution in [2.75, 3.05) is 13.1 Å². The number of carbonyl (C=O) groups is 1. The zero-order valence-corrected chi connectivity index (χ0v) is 16.5. The van der Waals surface area contributed by atoms with Crippen LogP contribution in [-0.2, 0) is 22.4 Å². The third-order valence-corrected chi connectivity index (χ3v) is 6.04. The van der Waals surface area contributed by atoms with E-state index in [0.29, 0.717) is 30.9 Å². The molecule has 28 heavy (non-hydrogen) atoms. The Kier molecular flexibility index (Phi) is 6.21. The Morgan fingerprint density at radius 3 is 2.61 bits per heavy atom. The summed E-state index contributed by atoms with van der Waals surface area (Å²) in [6, 6.07) is 14.8. The summed E-state index contributed by atoms with van der Waals surface area (Å²) in [6.07, 6.45) is -0.542. The summed E-state index contributed by atoms with van der Waals surface area (Å²) in [5.41, 5.74) is 2.58. The average Bonchev–Trinajstić information content (AvgIpc) is 3.09. The first-order valence-corrected chi connectivity index (χ1v) is 10.7. The van der Waals surface area contributed by atoms with Gasteiger partial charge in [0.1, 0.15) is 12.4 Å². The number of nitrogens with zero attached hydrogens (tertiary/aromatic N) is 1. The molecule has 1 saturated heterocycles. The second kappa shape index (κ2) is 8.62. The Morgan fingerprint density at radius 1 is 1.21 bits per heavy atom. The number of hydrogen-bond acceptors (Lipinski definition) is 4. The van der Waals surface area contributed by atoms with Crippen LogP contribution in [0, 0.1) is 6.92 Å². The third-order valence-electron chi connectivity index (χ3n) is 4.64. The summed E-state index contributed by atoms with van der Waals surface area (Å²) < 4.78 is 33.3. The van der Waals surface area contributed by atoms with Gasteiger partial charge in [0, 0.05) is 19.1 Å². The molecule has 1 aliphatic heterocycles. The largest absolute Gasteiger partial charge is 0.489 e. The molecule has 0 aromatic heterocycles. The molecule has 8 heteroatoms. The van der Waals surface area contributed by atoms with Crippen LogP contribution in [0.25, 0.3) is 0 Å². The van der Waals surface area contributed by atoms with Crippen molar-refractivity contribution in [1.29, 1.82) is 0 Å². The molecule has 0 spiro atoms. The van der Waals surface area contributed by atoms with Crippen LogP contribution in [0.1, 0.15) is 23.1 Å². The molecular weight excluding hydrogens is 380 g/mol. The molecule has 150 valence electrons. The highest BCUT2D eigenvalue weighted by Gasteiger charge is 2.29. The van der Waals surface area contributed by atoms with E-state index in [0.717, 1.165) is 11.1 Å². The van der Waals surface area contributed by atoms with Gasteiger partial charge in [0.25, 0.3) is 0 Å². The van der Waals surface area contributed by atoms with E-state index in [1.165, 1.54) is 4.90 Å². The number of hydrogen-bond donors (Lipinski definition) is 2. The van der Waals surface area contributed by atoms with Crippen molar-refractivity contribution in [2.24, 2.45) is 0 Å². The number of benzene rings is 2. The molecule has 3 rings (SSSR count). The molecule has 2 aromatic carbocycles. The van der Waals surface area contributed by atoms with E-state index >= 15 is 0 Å². The summed E-state index contributed by atoms with van der Waals surface area (Å²) in [7, 11) is -3.56. The van der Waals surface area contributed by atoms with Crippen molar-refractivity contribution in [3.05, 3.63) is 65.2 Å². The number of likely N-dealkylation sites (tertiary alicyclic amines) is 1. The van der Waals surface area contributed by atoms with Crippen molar-refractivity contribution < 1.29 is 23.1 Å². The Morgan fingerprint density at radius 2 is 1.96 bits per heavy atom. The van der Waals surface area contributed by atoms with Gasteiger partial charge in [-0.05, 0) is 36.1 Å². The molecule has 1 amide bonds. The van der Waals surface area contributed by atoms with E-state index in [4.69, 9.17) is 9.84 Å². The van der Waals surface area contributed by atoms with Crippen LogP contribution in [0.5, 0.6) is 5.75 Å². The maximum absolute atomic E-state index is 12.4. The highest BCUT2D eigenvalue weighted by molar-refractivity contribution is 7.88. The summed E-state index contributed by atoms with van der Waals surface area (Å²) >= 11 is 0. The lowest BCUT2D eigenvalue weighted by atomic mass is 10.1. The van der Waals surface area contributed by atoms with Crippen molar-refractivity contribution in [1.82, 2.24) is 9.62 Å². The molecule has 7 nitrogen and oxygen atoms in total. The van der Waals surface area contributed by atoms with Gasteiger partial charge >= 0.3 is 6.09 Å². The van der Waals surface area contributed by atoms with E-state index in [-0.39, 0.29) is 18.3 Å². The zero-order chi connectivity index (χ0) is 20.1. The molecule has 1 atom stereocenters. The van der Waals surface area contributed by atoms with Crippen LogP contribution in [-0.4, -0.2) is 43.6 Å². The summed E-state index contributed by atoms with van der Waals surface area (Å²) in [4.78, 5) is 12.2. The van der Waals surface area contributed by atoms with E-state index in [9.17, 15) is 13.2 Å². The first kappa shape index (κ1) is 20.2. The molecule has 1 fully saturated rings. The monoisotopic (exact) mass is 404 g/mol. The maximum atomic E-state index is 12.4. The molecule has 0 aliphatic carbocycles. The van der Waals surface area contributed by atoms with Gasteiger partial charge < -0.3 is 14.7 Å². The lowest BCUT2D eigenvalue weighted by Gasteiger charge is -2.15.